The molecule has 1 aliphatic rings. The second-order valence-electron chi connectivity index (χ2n) is 6.26. The Labute approximate surface area is 156 Å². The van der Waals surface area contributed by atoms with Gasteiger partial charge in [0.25, 0.3) is 5.91 Å². The lowest BCUT2D eigenvalue weighted by molar-refractivity contribution is -0.121. The molecule has 138 valence electrons. The van der Waals surface area contributed by atoms with Gasteiger partial charge >= 0.3 is 0 Å². The van der Waals surface area contributed by atoms with Crippen LogP contribution in [0.25, 0.3) is 5.82 Å². The van der Waals surface area contributed by atoms with Gasteiger partial charge < -0.3 is 15.0 Å². The summed E-state index contributed by atoms with van der Waals surface area (Å²) < 4.78 is 7.15. The number of nitrogens with one attached hydrogen (secondary N) is 1. The zero-order valence-electron chi connectivity index (χ0n) is 15.0. The fourth-order valence-corrected chi connectivity index (χ4v) is 2.94. The van der Waals surface area contributed by atoms with E-state index in [2.05, 4.69) is 20.6 Å². The van der Waals surface area contributed by atoms with Gasteiger partial charge in [0.2, 0.25) is 0 Å². The van der Waals surface area contributed by atoms with Gasteiger partial charge in [0, 0.05) is 19.3 Å². The van der Waals surface area contributed by atoms with E-state index in [0.29, 0.717) is 24.7 Å². The molecule has 1 aliphatic heterocycles. The van der Waals surface area contributed by atoms with Crippen molar-refractivity contribution in [2.24, 2.45) is 0 Å². The van der Waals surface area contributed by atoms with E-state index >= 15 is 0 Å². The van der Waals surface area contributed by atoms with E-state index < -0.39 is 0 Å². The minimum absolute atomic E-state index is 0.0210. The first kappa shape index (κ1) is 17.0. The quantitative estimate of drug-likeness (QED) is 0.675. The molecule has 4 rings (SSSR count). The molecule has 0 unspecified atom stereocenters. The first-order valence-corrected chi connectivity index (χ1v) is 8.83. The maximum atomic E-state index is 12.1. The minimum atomic E-state index is -0.0210. The molecule has 8 nitrogen and oxygen atoms in total. The Balaban J connectivity index is 1.31. The highest BCUT2D eigenvalue weighted by Crippen LogP contribution is 2.31. The lowest BCUT2D eigenvalue weighted by Gasteiger charge is -2.29. The van der Waals surface area contributed by atoms with Crippen LogP contribution in [-0.4, -0.2) is 45.6 Å². The number of amides is 1. The molecule has 0 bridgehead atoms. The van der Waals surface area contributed by atoms with Crippen LogP contribution in [0.4, 0.5) is 11.5 Å². The summed E-state index contributed by atoms with van der Waals surface area (Å²) in [5.41, 5.74) is 1.76. The number of anilines is 2. The lowest BCUT2D eigenvalue weighted by Crippen LogP contribution is -2.39. The van der Waals surface area contributed by atoms with Crippen LogP contribution in [-0.2, 0) is 4.79 Å². The second-order valence-corrected chi connectivity index (χ2v) is 6.26. The summed E-state index contributed by atoms with van der Waals surface area (Å²) >= 11 is 0. The first-order valence-electron chi connectivity index (χ1n) is 8.83. The number of benzene rings is 1. The molecule has 27 heavy (non-hydrogen) atoms. The van der Waals surface area contributed by atoms with E-state index in [-0.39, 0.29) is 12.5 Å². The average Bonchev–Trinajstić information content (AvgIpc) is 3.13. The maximum absolute atomic E-state index is 12.1. The summed E-state index contributed by atoms with van der Waals surface area (Å²) in [5.74, 6) is 2.09. The highest BCUT2D eigenvalue weighted by molar-refractivity contribution is 5.97. The third-order valence-electron chi connectivity index (χ3n) is 4.28. The van der Waals surface area contributed by atoms with Crippen molar-refractivity contribution in [3.05, 3.63) is 54.4 Å². The zero-order chi connectivity index (χ0) is 18.6. The summed E-state index contributed by atoms with van der Waals surface area (Å²) in [4.78, 5) is 13.9. The topological polar surface area (TPSA) is 85.2 Å². The van der Waals surface area contributed by atoms with Gasteiger partial charge in [0.05, 0.1) is 11.4 Å². The molecule has 0 fully saturated rings. The van der Waals surface area contributed by atoms with Gasteiger partial charge in [-0.1, -0.05) is 12.1 Å². The largest absolute Gasteiger partial charge is 0.482 e. The van der Waals surface area contributed by atoms with Gasteiger partial charge in [-0.15, -0.1) is 10.2 Å². The molecular formula is C19H20N6O2. The summed E-state index contributed by atoms with van der Waals surface area (Å²) in [7, 11) is 0. The van der Waals surface area contributed by atoms with Crippen molar-refractivity contribution in [3.63, 3.8) is 0 Å². The number of nitrogens with zero attached hydrogens (tertiary/aromatic N) is 5. The van der Waals surface area contributed by atoms with Crippen LogP contribution in [0.3, 0.4) is 0 Å². The molecule has 1 aromatic carbocycles. The fraction of sp³-hybridized carbons (Fsp3) is 0.263. The fourth-order valence-electron chi connectivity index (χ4n) is 2.94. The van der Waals surface area contributed by atoms with Gasteiger partial charge in [-0.25, -0.2) is 4.68 Å². The summed E-state index contributed by atoms with van der Waals surface area (Å²) in [6.45, 7) is 3.31. The molecule has 1 N–H and O–H groups in total. The molecule has 2 aromatic heterocycles. The summed E-state index contributed by atoms with van der Waals surface area (Å²) in [5, 5.41) is 15.9. The molecule has 0 saturated carbocycles. The van der Waals surface area contributed by atoms with E-state index in [1.54, 1.807) is 9.58 Å². The Hall–Kier alpha value is -3.42. The highest BCUT2D eigenvalue weighted by atomic mass is 16.5. The van der Waals surface area contributed by atoms with Crippen LogP contribution in [0, 0.1) is 6.92 Å². The lowest BCUT2D eigenvalue weighted by atomic mass is 10.2. The number of aromatic nitrogens is 4. The standard InChI is InChI=1S/C19H20N6O2/c1-14-9-12-25(23-14)18-8-7-17(21-22-18)20-10-4-11-24-15-5-2-3-6-16(15)27-13-19(24)26/h2-3,5-9,12H,4,10-11,13H2,1H3,(H,20,21). The van der Waals surface area contributed by atoms with Crippen molar-refractivity contribution < 1.29 is 9.53 Å². The van der Waals surface area contributed by atoms with Crippen molar-refractivity contribution in [2.45, 2.75) is 13.3 Å². The van der Waals surface area contributed by atoms with Gasteiger partial charge in [-0.2, -0.15) is 5.10 Å². The number of rotatable bonds is 6. The Bertz CT molecular complexity index is 937. The smallest absolute Gasteiger partial charge is 0.265 e. The molecule has 3 heterocycles. The minimum Gasteiger partial charge on any atom is -0.482 e. The second kappa shape index (κ2) is 7.45. The first-order chi connectivity index (χ1) is 13.2. The average molecular weight is 364 g/mol. The van der Waals surface area contributed by atoms with Crippen LogP contribution in [0.2, 0.25) is 0 Å². The van der Waals surface area contributed by atoms with Gasteiger partial charge in [0.1, 0.15) is 11.6 Å². The van der Waals surface area contributed by atoms with Crippen molar-refractivity contribution in [1.82, 2.24) is 20.0 Å². The number of aryl methyl sites for hydroxylation is 1. The van der Waals surface area contributed by atoms with E-state index in [4.69, 9.17) is 4.74 Å². The molecule has 1 amide bonds. The molecular weight excluding hydrogens is 344 g/mol. The van der Waals surface area contributed by atoms with E-state index in [1.165, 1.54) is 0 Å². The number of ether oxygens (including phenoxy) is 1. The number of hydrogen-bond acceptors (Lipinski definition) is 6. The number of carbonyl (C=O) groups excluding carboxylic acids is 1. The molecule has 3 aromatic rings. The SMILES string of the molecule is Cc1ccn(-c2ccc(NCCCN3C(=O)COc4ccccc43)nn2)n1. The molecule has 0 radical (unpaired) electrons. The number of hydrogen-bond donors (Lipinski definition) is 1. The van der Waals surface area contributed by atoms with Crippen LogP contribution in [0.5, 0.6) is 5.75 Å². The van der Waals surface area contributed by atoms with Gasteiger partial charge in [-0.3, -0.25) is 4.79 Å². The molecule has 0 spiro atoms. The van der Waals surface area contributed by atoms with Crippen LogP contribution in [0.1, 0.15) is 12.1 Å². The molecule has 0 saturated heterocycles. The predicted octanol–water partition coefficient (Wildman–Crippen LogP) is 2.20. The van der Waals surface area contributed by atoms with Crippen molar-refractivity contribution in [1.29, 1.82) is 0 Å². The third-order valence-corrected chi connectivity index (χ3v) is 4.28. The number of carbonyl (C=O) groups is 1. The normalized spacial score (nSPS) is 13.2. The highest BCUT2D eigenvalue weighted by Gasteiger charge is 2.24. The summed E-state index contributed by atoms with van der Waals surface area (Å²) in [6.07, 6.45) is 2.63. The Morgan fingerprint density at radius 3 is 2.81 bits per heavy atom. The van der Waals surface area contributed by atoms with Gasteiger partial charge in [0.15, 0.2) is 12.4 Å². The van der Waals surface area contributed by atoms with Crippen molar-refractivity contribution >= 4 is 17.4 Å². The van der Waals surface area contributed by atoms with Crippen molar-refractivity contribution in [3.8, 4) is 11.6 Å². The number of fused-ring (bicyclic) bond motifs is 1. The Kier molecular flexibility index (Phi) is 4.69. The van der Waals surface area contributed by atoms with Gasteiger partial charge in [-0.05, 0) is 43.7 Å². The third kappa shape index (κ3) is 3.74. The van der Waals surface area contributed by atoms with Crippen LogP contribution < -0.4 is 15.0 Å². The Morgan fingerprint density at radius 1 is 1.15 bits per heavy atom. The molecule has 8 heteroatoms. The number of para-hydroxylation sites is 2. The molecule has 0 atom stereocenters. The Morgan fingerprint density at radius 2 is 2.04 bits per heavy atom. The van der Waals surface area contributed by atoms with Crippen LogP contribution >= 0.6 is 0 Å². The van der Waals surface area contributed by atoms with E-state index in [9.17, 15) is 4.79 Å². The summed E-state index contributed by atoms with van der Waals surface area (Å²) in [6, 6.07) is 13.2. The zero-order valence-corrected chi connectivity index (χ0v) is 15.0. The van der Waals surface area contributed by atoms with Crippen molar-refractivity contribution in [2.75, 3.05) is 29.9 Å². The molecule has 0 aliphatic carbocycles. The predicted molar refractivity (Wildman–Crippen MR) is 101 cm³/mol. The van der Waals surface area contributed by atoms with E-state index in [0.717, 1.165) is 23.6 Å². The van der Waals surface area contributed by atoms with E-state index in [1.807, 2.05) is 55.6 Å². The maximum Gasteiger partial charge on any atom is 0.265 e. The van der Waals surface area contributed by atoms with Crippen LogP contribution in [0.15, 0.2) is 48.7 Å². The monoisotopic (exact) mass is 364 g/mol.